The zero-order valence-electron chi connectivity index (χ0n) is 16.5. The van der Waals surface area contributed by atoms with Crippen LogP contribution in [0.25, 0.3) is 0 Å². The van der Waals surface area contributed by atoms with Crippen LogP contribution >= 0.6 is 0 Å². The maximum atomic E-state index is 9.24. The molecule has 0 saturated carbocycles. The van der Waals surface area contributed by atoms with Crippen molar-refractivity contribution in [2.24, 2.45) is 23.2 Å². The summed E-state index contributed by atoms with van der Waals surface area (Å²) in [7, 11) is 0. The molecule has 0 heterocycles. The molecule has 0 rings (SSSR count). The Morgan fingerprint density at radius 1 is 0.708 bits per heavy atom. The van der Waals surface area contributed by atoms with E-state index in [4.69, 9.17) is 4.74 Å². The predicted octanol–water partition coefficient (Wildman–Crippen LogP) is 3.63. The Morgan fingerprint density at radius 2 is 1.17 bits per heavy atom. The van der Waals surface area contributed by atoms with Crippen LogP contribution in [0.1, 0.15) is 72.6 Å². The first-order valence-corrected chi connectivity index (χ1v) is 9.79. The van der Waals surface area contributed by atoms with Gasteiger partial charge >= 0.3 is 0 Å². The fourth-order valence-corrected chi connectivity index (χ4v) is 2.84. The molecule has 0 aliphatic heterocycles. The number of ether oxygens (including phenoxy) is 1. The Hall–Kier alpha value is -0.160. The van der Waals surface area contributed by atoms with Crippen LogP contribution in [0.3, 0.4) is 0 Å². The van der Waals surface area contributed by atoms with E-state index in [9.17, 15) is 15.3 Å². The first-order chi connectivity index (χ1) is 11.4. The Balaban J connectivity index is 3.67. The van der Waals surface area contributed by atoms with Crippen molar-refractivity contribution in [3.8, 4) is 0 Å². The lowest BCUT2D eigenvalue weighted by molar-refractivity contribution is -0.0593. The minimum Gasteiger partial charge on any atom is -0.396 e. The molecule has 24 heavy (non-hydrogen) atoms. The highest BCUT2D eigenvalue weighted by molar-refractivity contribution is 4.76. The second kappa shape index (κ2) is 14.1. The first-order valence-electron chi connectivity index (χ1n) is 9.79. The van der Waals surface area contributed by atoms with Gasteiger partial charge in [0.2, 0.25) is 0 Å². The quantitative estimate of drug-likeness (QED) is 0.373. The predicted molar refractivity (Wildman–Crippen MR) is 100.0 cm³/mol. The van der Waals surface area contributed by atoms with Gasteiger partial charge in [-0.15, -0.1) is 0 Å². The molecule has 0 spiro atoms. The summed E-state index contributed by atoms with van der Waals surface area (Å²) in [6.07, 6.45) is 8.84. The van der Waals surface area contributed by atoms with E-state index in [0.29, 0.717) is 12.5 Å². The highest BCUT2D eigenvalue weighted by Crippen LogP contribution is 2.21. The molecule has 0 saturated heterocycles. The highest BCUT2D eigenvalue weighted by Gasteiger charge is 2.28. The van der Waals surface area contributed by atoms with Crippen LogP contribution < -0.4 is 0 Å². The van der Waals surface area contributed by atoms with Crippen molar-refractivity contribution in [3.63, 3.8) is 0 Å². The second-order valence-corrected chi connectivity index (χ2v) is 8.28. The summed E-state index contributed by atoms with van der Waals surface area (Å²) in [5, 5.41) is 27.7. The van der Waals surface area contributed by atoms with Crippen LogP contribution in [0, 0.1) is 23.2 Å². The average Bonchev–Trinajstić information content (AvgIpc) is 2.55. The van der Waals surface area contributed by atoms with Gasteiger partial charge in [-0.3, -0.25) is 0 Å². The van der Waals surface area contributed by atoms with E-state index in [0.717, 1.165) is 18.3 Å². The Bertz CT molecular complexity index is 269. The lowest BCUT2D eigenvalue weighted by atomic mass is 9.92. The van der Waals surface area contributed by atoms with Crippen molar-refractivity contribution in [2.45, 2.75) is 72.6 Å². The summed E-state index contributed by atoms with van der Waals surface area (Å²) >= 11 is 0. The van der Waals surface area contributed by atoms with Gasteiger partial charge in [0.15, 0.2) is 0 Å². The van der Waals surface area contributed by atoms with Gasteiger partial charge in [0.05, 0.1) is 31.8 Å². The normalized spacial score (nSPS) is 15.0. The minimum atomic E-state index is -0.908. The third kappa shape index (κ3) is 11.4. The molecule has 146 valence electrons. The van der Waals surface area contributed by atoms with Gasteiger partial charge in [0.25, 0.3) is 0 Å². The number of aliphatic hydroxyl groups excluding tert-OH is 3. The molecule has 0 aromatic heterocycles. The average molecular weight is 347 g/mol. The lowest BCUT2D eigenvalue weighted by Gasteiger charge is -2.27. The molecule has 0 fully saturated rings. The Kier molecular flexibility index (Phi) is 14.0. The van der Waals surface area contributed by atoms with Gasteiger partial charge in [-0.05, 0) is 24.2 Å². The maximum absolute atomic E-state index is 9.24. The maximum Gasteiger partial charge on any atom is 0.0629 e. The van der Waals surface area contributed by atoms with E-state index in [1.807, 2.05) is 0 Å². The van der Waals surface area contributed by atoms with Gasteiger partial charge in [-0.2, -0.15) is 0 Å². The molecule has 2 atom stereocenters. The monoisotopic (exact) mass is 346 g/mol. The molecule has 4 heteroatoms. The molecule has 0 aromatic rings. The van der Waals surface area contributed by atoms with Gasteiger partial charge < -0.3 is 20.1 Å². The van der Waals surface area contributed by atoms with Crippen molar-refractivity contribution in [3.05, 3.63) is 0 Å². The minimum absolute atomic E-state index is 0.204. The molecular formula is C20H42O4. The Morgan fingerprint density at radius 3 is 1.62 bits per heavy atom. The van der Waals surface area contributed by atoms with Crippen LogP contribution in [0.15, 0.2) is 0 Å². The lowest BCUT2D eigenvalue weighted by Crippen LogP contribution is -2.38. The van der Waals surface area contributed by atoms with Crippen LogP contribution in [-0.2, 0) is 4.74 Å². The van der Waals surface area contributed by atoms with Crippen LogP contribution in [0.5, 0.6) is 0 Å². The molecule has 3 N–H and O–H groups in total. The summed E-state index contributed by atoms with van der Waals surface area (Å²) in [5.74, 6) is 2.27. The van der Waals surface area contributed by atoms with E-state index in [2.05, 4.69) is 27.7 Å². The highest BCUT2D eigenvalue weighted by atomic mass is 16.5. The van der Waals surface area contributed by atoms with Crippen molar-refractivity contribution in [2.75, 3.05) is 33.0 Å². The summed E-state index contributed by atoms with van der Waals surface area (Å²) in [6, 6.07) is 0. The van der Waals surface area contributed by atoms with Crippen molar-refractivity contribution in [1.82, 2.24) is 0 Å². The van der Waals surface area contributed by atoms with Crippen LogP contribution in [0.2, 0.25) is 0 Å². The summed E-state index contributed by atoms with van der Waals surface area (Å²) < 4.78 is 5.57. The van der Waals surface area contributed by atoms with Gasteiger partial charge in [-0.25, -0.2) is 0 Å². The smallest absolute Gasteiger partial charge is 0.0629 e. The molecule has 0 bridgehead atoms. The van der Waals surface area contributed by atoms with E-state index in [1.54, 1.807) is 0 Å². The van der Waals surface area contributed by atoms with E-state index in [1.165, 1.54) is 38.5 Å². The zero-order chi connectivity index (χ0) is 18.4. The molecule has 0 aliphatic rings. The molecule has 4 nitrogen and oxygen atoms in total. The fourth-order valence-electron chi connectivity index (χ4n) is 2.84. The van der Waals surface area contributed by atoms with Crippen LogP contribution in [0.4, 0.5) is 0 Å². The number of rotatable bonds is 16. The number of hydrogen-bond donors (Lipinski definition) is 3. The standard InChI is InChI=1S/C20H42O4/c1-17(2)7-5-8-18(3)9-6-10-19(4)11-12-24-16-20(13-21,14-22)15-23/h17-19,21-23H,5-16H2,1-4H3. The number of hydrogen-bond acceptors (Lipinski definition) is 4. The molecular weight excluding hydrogens is 304 g/mol. The zero-order valence-corrected chi connectivity index (χ0v) is 16.5. The largest absolute Gasteiger partial charge is 0.396 e. The van der Waals surface area contributed by atoms with Gasteiger partial charge in [0.1, 0.15) is 0 Å². The van der Waals surface area contributed by atoms with E-state index in [-0.39, 0.29) is 26.4 Å². The first kappa shape index (κ1) is 23.8. The van der Waals surface area contributed by atoms with E-state index >= 15 is 0 Å². The number of aliphatic hydroxyl groups is 3. The second-order valence-electron chi connectivity index (χ2n) is 8.28. The molecule has 0 amide bonds. The SMILES string of the molecule is CC(C)CCCC(C)CCCC(C)CCOCC(CO)(CO)CO. The molecule has 0 aliphatic carbocycles. The summed E-state index contributed by atoms with van der Waals surface area (Å²) in [5.41, 5.74) is -0.908. The van der Waals surface area contributed by atoms with Crippen molar-refractivity contribution >= 4 is 0 Å². The third-order valence-electron chi connectivity index (χ3n) is 5.04. The third-order valence-corrected chi connectivity index (χ3v) is 5.04. The van der Waals surface area contributed by atoms with Crippen molar-refractivity contribution < 1.29 is 20.1 Å². The van der Waals surface area contributed by atoms with E-state index < -0.39 is 5.41 Å². The topological polar surface area (TPSA) is 69.9 Å². The molecule has 0 aromatic carbocycles. The summed E-state index contributed by atoms with van der Waals surface area (Å²) in [6.45, 7) is 9.25. The summed E-state index contributed by atoms with van der Waals surface area (Å²) in [4.78, 5) is 0. The molecule has 2 unspecified atom stereocenters. The van der Waals surface area contributed by atoms with Crippen molar-refractivity contribution in [1.29, 1.82) is 0 Å². The Labute approximate surface area is 149 Å². The molecule has 0 radical (unpaired) electrons. The van der Waals surface area contributed by atoms with Crippen LogP contribution in [-0.4, -0.2) is 48.4 Å². The van der Waals surface area contributed by atoms with Gasteiger partial charge in [-0.1, -0.05) is 66.2 Å². The fraction of sp³-hybridized carbons (Fsp3) is 1.00. The van der Waals surface area contributed by atoms with Gasteiger partial charge in [0, 0.05) is 6.61 Å².